The first-order valence-corrected chi connectivity index (χ1v) is 5.91. The van der Waals surface area contributed by atoms with Crippen LogP contribution in [0.3, 0.4) is 0 Å². The van der Waals surface area contributed by atoms with Gasteiger partial charge in [0.1, 0.15) is 5.75 Å². The van der Waals surface area contributed by atoms with Crippen molar-refractivity contribution >= 4 is 0 Å². The van der Waals surface area contributed by atoms with E-state index in [9.17, 15) is 0 Å². The molecule has 2 rings (SSSR count). The molecule has 0 aromatic heterocycles. The van der Waals surface area contributed by atoms with Crippen LogP contribution >= 0.6 is 0 Å². The second-order valence-corrected chi connectivity index (χ2v) is 4.32. The monoisotopic (exact) mass is 220 g/mol. The number of para-hydroxylation sites is 1. The van der Waals surface area contributed by atoms with Crippen molar-refractivity contribution in [3.05, 3.63) is 29.8 Å². The van der Waals surface area contributed by atoms with E-state index in [2.05, 4.69) is 29.7 Å². The van der Waals surface area contributed by atoms with Gasteiger partial charge in [-0.2, -0.15) is 0 Å². The van der Waals surface area contributed by atoms with Crippen molar-refractivity contribution in [2.24, 2.45) is 0 Å². The largest absolute Gasteiger partial charge is 0.496 e. The zero-order chi connectivity index (χ0) is 11.4. The Balaban J connectivity index is 2.04. The number of methoxy groups -OCH3 is 1. The molecular weight excluding hydrogens is 200 g/mol. The molecule has 1 heterocycles. The van der Waals surface area contributed by atoms with Crippen molar-refractivity contribution in [3.8, 4) is 5.75 Å². The lowest BCUT2D eigenvalue weighted by Gasteiger charge is -2.20. The van der Waals surface area contributed by atoms with Gasteiger partial charge in [-0.05, 0) is 26.0 Å². The molecule has 1 aromatic carbocycles. The van der Waals surface area contributed by atoms with Crippen LogP contribution in [-0.4, -0.2) is 26.2 Å². The van der Waals surface area contributed by atoms with Gasteiger partial charge in [0.15, 0.2) is 0 Å². The second kappa shape index (κ2) is 5.32. The van der Waals surface area contributed by atoms with Crippen molar-refractivity contribution in [2.75, 3.05) is 20.2 Å². The van der Waals surface area contributed by atoms with Crippen LogP contribution in [0.4, 0.5) is 0 Å². The van der Waals surface area contributed by atoms with Crippen molar-refractivity contribution in [3.63, 3.8) is 0 Å². The van der Waals surface area contributed by atoms with Gasteiger partial charge >= 0.3 is 0 Å². The lowest BCUT2D eigenvalue weighted by atomic mass is 10.1. The van der Waals surface area contributed by atoms with Crippen LogP contribution in [0.15, 0.2) is 24.3 Å². The molecule has 0 bridgehead atoms. The molecule has 1 aromatic rings. The summed E-state index contributed by atoms with van der Waals surface area (Å²) in [4.78, 5) is 0. The Kier molecular flexibility index (Phi) is 3.80. The summed E-state index contributed by atoms with van der Waals surface area (Å²) in [5.41, 5.74) is 1.23. The Morgan fingerprint density at radius 1 is 1.44 bits per heavy atom. The molecule has 2 N–H and O–H groups in total. The molecular formula is C13H20N2O. The first kappa shape index (κ1) is 11.4. The normalized spacial score (nSPS) is 22.0. The smallest absolute Gasteiger partial charge is 0.123 e. The first-order valence-electron chi connectivity index (χ1n) is 5.91. The summed E-state index contributed by atoms with van der Waals surface area (Å²) in [5, 5.41) is 6.99. The maximum Gasteiger partial charge on any atom is 0.123 e. The Morgan fingerprint density at radius 2 is 2.25 bits per heavy atom. The molecule has 16 heavy (non-hydrogen) atoms. The number of hydrogen-bond acceptors (Lipinski definition) is 3. The van der Waals surface area contributed by atoms with Gasteiger partial charge in [0.25, 0.3) is 0 Å². The van der Waals surface area contributed by atoms with E-state index in [0.29, 0.717) is 12.1 Å². The summed E-state index contributed by atoms with van der Waals surface area (Å²) in [6.07, 6.45) is 1.21. The van der Waals surface area contributed by atoms with E-state index in [-0.39, 0.29) is 0 Å². The van der Waals surface area contributed by atoms with E-state index in [1.165, 1.54) is 12.0 Å². The average Bonchev–Trinajstić information content (AvgIpc) is 2.81. The summed E-state index contributed by atoms with van der Waals surface area (Å²) >= 11 is 0. The van der Waals surface area contributed by atoms with Gasteiger partial charge in [-0.25, -0.2) is 0 Å². The third-order valence-corrected chi connectivity index (χ3v) is 3.15. The van der Waals surface area contributed by atoms with Gasteiger partial charge < -0.3 is 15.4 Å². The van der Waals surface area contributed by atoms with Crippen LogP contribution in [0.2, 0.25) is 0 Å². The molecule has 0 aliphatic carbocycles. The van der Waals surface area contributed by atoms with Crippen LogP contribution < -0.4 is 15.4 Å². The molecule has 1 fully saturated rings. The molecule has 3 heteroatoms. The fourth-order valence-corrected chi connectivity index (χ4v) is 2.26. The quantitative estimate of drug-likeness (QED) is 0.810. The minimum atomic E-state index is 0.334. The molecule has 0 amide bonds. The highest BCUT2D eigenvalue weighted by atomic mass is 16.5. The molecule has 0 saturated carbocycles. The maximum absolute atomic E-state index is 5.38. The Morgan fingerprint density at radius 3 is 2.94 bits per heavy atom. The van der Waals surface area contributed by atoms with E-state index >= 15 is 0 Å². The lowest BCUT2D eigenvalue weighted by Crippen LogP contribution is -2.33. The number of ether oxygens (including phenoxy) is 1. The van der Waals surface area contributed by atoms with E-state index in [1.807, 2.05) is 12.1 Å². The highest BCUT2D eigenvalue weighted by Gasteiger charge is 2.18. The van der Waals surface area contributed by atoms with Crippen LogP contribution in [0.25, 0.3) is 0 Å². The summed E-state index contributed by atoms with van der Waals surface area (Å²) in [7, 11) is 1.72. The third kappa shape index (κ3) is 2.54. The topological polar surface area (TPSA) is 33.3 Å². The van der Waals surface area contributed by atoms with Crippen molar-refractivity contribution in [1.82, 2.24) is 10.6 Å². The summed E-state index contributed by atoms with van der Waals surface area (Å²) in [6.45, 7) is 4.38. The van der Waals surface area contributed by atoms with Gasteiger partial charge in [0.05, 0.1) is 7.11 Å². The molecule has 3 nitrogen and oxygen atoms in total. The number of rotatable bonds is 4. The zero-order valence-electron chi connectivity index (χ0n) is 9.99. The minimum absolute atomic E-state index is 0.334. The highest BCUT2D eigenvalue weighted by Crippen LogP contribution is 2.24. The van der Waals surface area contributed by atoms with E-state index in [0.717, 1.165) is 18.8 Å². The summed E-state index contributed by atoms with van der Waals surface area (Å²) < 4.78 is 5.38. The number of benzene rings is 1. The van der Waals surface area contributed by atoms with Crippen molar-refractivity contribution in [2.45, 2.75) is 25.4 Å². The predicted octanol–water partition coefficient (Wildman–Crippen LogP) is 1.71. The third-order valence-electron chi connectivity index (χ3n) is 3.15. The first-order chi connectivity index (χ1) is 7.81. The molecule has 1 unspecified atom stereocenters. The lowest BCUT2D eigenvalue weighted by molar-refractivity contribution is 0.395. The molecule has 1 saturated heterocycles. The van der Waals surface area contributed by atoms with Gasteiger partial charge in [-0.15, -0.1) is 0 Å². The Bertz CT molecular complexity index is 334. The van der Waals surface area contributed by atoms with Gasteiger partial charge in [0.2, 0.25) is 0 Å². The van der Waals surface area contributed by atoms with E-state index in [4.69, 9.17) is 4.74 Å². The van der Waals surface area contributed by atoms with Crippen molar-refractivity contribution < 1.29 is 4.74 Å². The maximum atomic E-state index is 5.38. The fourth-order valence-electron chi connectivity index (χ4n) is 2.26. The van der Waals surface area contributed by atoms with Crippen LogP contribution in [0, 0.1) is 0 Å². The Hall–Kier alpha value is -1.06. The average molecular weight is 220 g/mol. The van der Waals surface area contributed by atoms with Crippen LogP contribution in [0.5, 0.6) is 5.75 Å². The standard InChI is InChI=1S/C13H20N2O/c1-10(15-11-7-8-14-9-11)12-5-3-4-6-13(12)16-2/h3-6,10-11,14-15H,7-9H2,1-2H3/t10-,11?/m0/s1. The summed E-state index contributed by atoms with van der Waals surface area (Å²) in [5.74, 6) is 0.966. The van der Waals surface area contributed by atoms with Gasteiger partial charge in [-0.1, -0.05) is 18.2 Å². The molecule has 88 valence electrons. The van der Waals surface area contributed by atoms with Crippen molar-refractivity contribution in [1.29, 1.82) is 0 Å². The van der Waals surface area contributed by atoms with Gasteiger partial charge in [0, 0.05) is 24.2 Å². The molecule has 1 aliphatic rings. The predicted molar refractivity (Wildman–Crippen MR) is 65.8 cm³/mol. The van der Waals surface area contributed by atoms with Crippen LogP contribution in [-0.2, 0) is 0 Å². The molecule has 1 aliphatic heterocycles. The highest BCUT2D eigenvalue weighted by molar-refractivity contribution is 5.35. The number of nitrogens with one attached hydrogen (secondary N) is 2. The second-order valence-electron chi connectivity index (χ2n) is 4.32. The van der Waals surface area contributed by atoms with Crippen LogP contribution in [0.1, 0.15) is 24.9 Å². The molecule has 2 atom stereocenters. The molecule has 0 radical (unpaired) electrons. The van der Waals surface area contributed by atoms with E-state index in [1.54, 1.807) is 7.11 Å². The van der Waals surface area contributed by atoms with E-state index < -0.39 is 0 Å². The molecule has 0 spiro atoms. The zero-order valence-corrected chi connectivity index (χ0v) is 9.99. The minimum Gasteiger partial charge on any atom is -0.496 e. The SMILES string of the molecule is COc1ccccc1[C@H](C)NC1CCNC1. The Labute approximate surface area is 97.2 Å². The summed E-state index contributed by atoms with van der Waals surface area (Å²) in [6, 6.07) is 9.12. The fraction of sp³-hybridized carbons (Fsp3) is 0.538. The van der Waals surface area contributed by atoms with Gasteiger partial charge in [-0.3, -0.25) is 0 Å². The number of hydrogen-bond donors (Lipinski definition) is 2.